The number of aromatic nitrogens is 3. The lowest BCUT2D eigenvalue weighted by atomic mass is 10.1. The fourth-order valence-corrected chi connectivity index (χ4v) is 4.19. The lowest BCUT2D eigenvalue weighted by molar-refractivity contribution is 0.0939. The number of aryl methyl sites for hydroxylation is 3. The van der Waals surface area contributed by atoms with E-state index in [1.54, 1.807) is 10.8 Å². The lowest BCUT2D eigenvalue weighted by Crippen LogP contribution is -2.38. The number of nitrogens with one attached hydrogen (secondary N) is 1. The van der Waals surface area contributed by atoms with Gasteiger partial charge in [-0.15, -0.1) is 0 Å². The van der Waals surface area contributed by atoms with Crippen LogP contribution in [0.25, 0.3) is 0 Å². The van der Waals surface area contributed by atoms with Gasteiger partial charge in [0.1, 0.15) is 5.56 Å². The molecule has 1 aliphatic rings. The molecule has 0 radical (unpaired) electrons. The lowest BCUT2D eigenvalue weighted by Gasteiger charge is -2.19. The molecule has 1 aliphatic carbocycles. The van der Waals surface area contributed by atoms with Crippen molar-refractivity contribution in [2.45, 2.75) is 53.1 Å². The first-order chi connectivity index (χ1) is 14.8. The molecular weight excluding hydrogens is 388 g/mol. The van der Waals surface area contributed by atoms with Crippen LogP contribution in [-0.2, 0) is 6.54 Å². The predicted molar refractivity (Wildman–Crippen MR) is 121 cm³/mol. The van der Waals surface area contributed by atoms with E-state index in [1.807, 2.05) is 61.9 Å². The molecule has 2 heterocycles. The molecule has 1 N–H and O–H groups in total. The minimum atomic E-state index is -0.295. The van der Waals surface area contributed by atoms with E-state index in [1.165, 1.54) is 0 Å². The molecule has 6 heteroatoms. The molecule has 2 aromatic heterocycles. The number of rotatable bonds is 7. The zero-order valence-corrected chi connectivity index (χ0v) is 18.7. The molecule has 1 fully saturated rings. The van der Waals surface area contributed by atoms with Crippen LogP contribution >= 0.6 is 0 Å². The fourth-order valence-electron chi connectivity index (χ4n) is 4.19. The first-order valence-electron chi connectivity index (χ1n) is 10.9. The van der Waals surface area contributed by atoms with Gasteiger partial charge >= 0.3 is 0 Å². The van der Waals surface area contributed by atoms with Gasteiger partial charge in [0, 0.05) is 30.4 Å². The van der Waals surface area contributed by atoms with Crippen LogP contribution in [0.15, 0.2) is 53.5 Å². The van der Waals surface area contributed by atoms with Crippen molar-refractivity contribution in [1.29, 1.82) is 0 Å². The molecule has 1 aromatic carbocycles. The number of benzene rings is 1. The number of carbonyl (C=O) groups is 1. The van der Waals surface area contributed by atoms with Crippen LogP contribution in [-0.4, -0.2) is 26.8 Å². The maximum atomic E-state index is 13.2. The van der Waals surface area contributed by atoms with Crippen LogP contribution in [0.5, 0.6) is 0 Å². The van der Waals surface area contributed by atoms with Crippen molar-refractivity contribution in [3.05, 3.63) is 87.1 Å². The summed E-state index contributed by atoms with van der Waals surface area (Å²) in [5.41, 5.74) is 3.86. The van der Waals surface area contributed by atoms with Crippen molar-refractivity contribution in [2.24, 2.45) is 5.41 Å². The third-order valence-corrected chi connectivity index (χ3v) is 6.42. The van der Waals surface area contributed by atoms with Gasteiger partial charge in [-0.3, -0.25) is 14.3 Å². The Balaban J connectivity index is 1.51. The van der Waals surface area contributed by atoms with Crippen molar-refractivity contribution < 1.29 is 4.79 Å². The van der Waals surface area contributed by atoms with E-state index in [0.29, 0.717) is 12.1 Å². The summed E-state index contributed by atoms with van der Waals surface area (Å²) in [5.74, 6) is -0.295. The van der Waals surface area contributed by atoms with Crippen LogP contribution in [0.3, 0.4) is 0 Å². The highest BCUT2D eigenvalue weighted by Crippen LogP contribution is 2.46. The van der Waals surface area contributed by atoms with Crippen molar-refractivity contribution >= 4 is 5.91 Å². The molecule has 4 rings (SSSR count). The third-order valence-electron chi connectivity index (χ3n) is 6.42. The van der Waals surface area contributed by atoms with Crippen molar-refractivity contribution in [2.75, 3.05) is 6.54 Å². The molecule has 3 aromatic rings. The highest BCUT2D eigenvalue weighted by atomic mass is 16.2. The Kier molecular flexibility index (Phi) is 5.56. The van der Waals surface area contributed by atoms with Gasteiger partial charge in [0.25, 0.3) is 11.5 Å². The second-order valence-corrected chi connectivity index (χ2v) is 8.94. The first kappa shape index (κ1) is 21.1. The van der Waals surface area contributed by atoms with Crippen LogP contribution < -0.4 is 10.9 Å². The SMILES string of the molecule is Cc1cc(C)n(CC2(CNC(=O)c3c(C)ccn(C(C)c4ccccc4)c3=O)CC2)n1. The zero-order valence-electron chi connectivity index (χ0n) is 18.7. The van der Waals surface area contributed by atoms with E-state index in [9.17, 15) is 9.59 Å². The van der Waals surface area contributed by atoms with E-state index in [-0.39, 0.29) is 28.5 Å². The van der Waals surface area contributed by atoms with E-state index in [4.69, 9.17) is 0 Å². The average Bonchev–Trinajstić information content (AvgIpc) is 3.44. The molecule has 0 aliphatic heterocycles. The minimum Gasteiger partial charge on any atom is -0.351 e. The highest BCUT2D eigenvalue weighted by Gasteiger charge is 2.43. The number of pyridine rings is 1. The maximum Gasteiger partial charge on any atom is 0.264 e. The number of carbonyl (C=O) groups excluding carboxylic acids is 1. The third kappa shape index (κ3) is 4.33. The quantitative estimate of drug-likeness (QED) is 0.635. The molecule has 1 atom stereocenters. The van der Waals surface area contributed by atoms with E-state index >= 15 is 0 Å². The Labute approximate surface area is 182 Å². The maximum absolute atomic E-state index is 13.2. The topological polar surface area (TPSA) is 68.9 Å². The molecule has 0 saturated heterocycles. The van der Waals surface area contributed by atoms with Crippen molar-refractivity contribution in [3.8, 4) is 0 Å². The number of hydrogen-bond donors (Lipinski definition) is 1. The largest absolute Gasteiger partial charge is 0.351 e. The molecule has 1 amide bonds. The molecule has 0 spiro atoms. The standard InChI is InChI=1S/C25H30N4O2/c1-17-10-13-28(20(4)21-8-6-5-7-9-21)24(31)22(17)23(30)26-15-25(11-12-25)16-29-19(3)14-18(2)27-29/h5-10,13-14,20H,11-12,15-16H2,1-4H3,(H,26,30). The van der Waals surface area contributed by atoms with Gasteiger partial charge in [0.15, 0.2) is 0 Å². The molecule has 162 valence electrons. The van der Waals surface area contributed by atoms with E-state index in [0.717, 1.165) is 36.3 Å². The Morgan fingerprint density at radius 3 is 2.48 bits per heavy atom. The number of nitrogens with zero attached hydrogens (tertiary/aromatic N) is 3. The molecule has 6 nitrogen and oxygen atoms in total. The van der Waals surface area contributed by atoms with Gasteiger partial charge in [-0.25, -0.2) is 0 Å². The van der Waals surface area contributed by atoms with E-state index in [2.05, 4.69) is 23.4 Å². The molecule has 1 unspecified atom stereocenters. The summed E-state index contributed by atoms with van der Waals surface area (Å²) in [4.78, 5) is 26.3. The Morgan fingerprint density at radius 1 is 1.16 bits per heavy atom. The molecule has 0 bridgehead atoms. The number of hydrogen-bond acceptors (Lipinski definition) is 3. The van der Waals surface area contributed by atoms with Crippen molar-refractivity contribution in [3.63, 3.8) is 0 Å². The fraction of sp³-hybridized carbons (Fsp3) is 0.400. The second-order valence-electron chi connectivity index (χ2n) is 8.94. The highest BCUT2D eigenvalue weighted by molar-refractivity contribution is 5.95. The summed E-state index contributed by atoms with van der Waals surface area (Å²) in [7, 11) is 0. The van der Waals surface area contributed by atoms with Gasteiger partial charge in [0.2, 0.25) is 0 Å². The van der Waals surface area contributed by atoms with Crippen LogP contribution in [0.2, 0.25) is 0 Å². The zero-order chi connectivity index (χ0) is 22.2. The van der Waals surface area contributed by atoms with Crippen LogP contribution in [0, 0.1) is 26.2 Å². The summed E-state index contributed by atoms with van der Waals surface area (Å²) >= 11 is 0. The van der Waals surface area contributed by atoms with Gasteiger partial charge in [-0.05, 0) is 63.8 Å². The second kappa shape index (κ2) is 8.17. The van der Waals surface area contributed by atoms with E-state index < -0.39 is 0 Å². The number of amides is 1. The summed E-state index contributed by atoms with van der Waals surface area (Å²) in [5, 5.41) is 7.60. The Morgan fingerprint density at radius 2 is 1.87 bits per heavy atom. The first-order valence-corrected chi connectivity index (χ1v) is 10.9. The van der Waals surface area contributed by atoms with Gasteiger partial charge in [-0.2, -0.15) is 5.10 Å². The summed E-state index contributed by atoms with van der Waals surface area (Å²) < 4.78 is 3.66. The smallest absolute Gasteiger partial charge is 0.264 e. The van der Waals surface area contributed by atoms with Gasteiger partial charge < -0.3 is 9.88 Å². The predicted octanol–water partition coefficient (Wildman–Crippen LogP) is 3.79. The normalized spacial score (nSPS) is 15.5. The summed E-state index contributed by atoms with van der Waals surface area (Å²) in [6, 6.07) is 13.6. The monoisotopic (exact) mass is 418 g/mol. The Hall–Kier alpha value is -3.15. The van der Waals surface area contributed by atoms with Crippen LogP contribution in [0.4, 0.5) is 0 Å². The van der Waals surface area contributed by atoms with Gasteiger partial charge in [0.05, 0.1) is 11.7 Å². The minimum absolute atomic E-state index is 0.0257. The molecular formula is C25H30N4O2. The van der Waals surface area contributed by atoms with Crippen molar-refractivity contribution in [1.82, 2.24) is 19.7 Å². The molecule has 1 saturated carbocycles. The van der Waals surface area contributed by atoms with Crippen LogP contribution in [0.1, 0.15) is 58.7 Å². The summed E-state index contributed by atoms with van der Waals surface area (Å²) in [6.45, 7) is 9.17. The summed E-state index contributed by atoms with van der Waals surface area (Å²) in [6.07, 6.45) is 3.88. The average molecular weight is 419 g/mol. The molecule has 31 heavy (non-hydrogen) atoms. The Bertz CT molecular complexity index is 1160. The van der Waals surface area contributed by atoms with Gasteiger partial charge in [-0.1, -0.05) is 30.3 Å².